The molecule has 0 fully saturated rings. The molecule has 178 valence electrons. The number of amides is 1. The molecule has 1 atom stereocenters. The van der Waals surface area contributed by atoms with Crippen LogP contribution in [0.3, 0.4) is 0 Å². The van der Waals surface area contributed by atoms with E-state index < -0.39 is 17.7 Å². The van der Waals surface area contributed by atoms with E-state index in [9.17, 15) is 9.59 Å². The Morgan fingerprint density at radius 3 is 2.30 bits per heavy atom. The van der Waals surface area contributed by atoms with Crippen LogP contribution in [-0.2, 0) is 9.59 Å². The zero-order chi connectivity index (χ0) is 24.5. The fourth-order valence-corrected chi connectivity index (χ4v) is 3.30. The number of carbonyl (C=O) groups excluding carboxylic acids is 2. The van der Waals surface area contributed by atoms with Gasteiger partial charge in [0.15, 0.2) is 11.5 Å². The number of hydrogen-bond donors (Lipinski definition) is 0. The zero-order valence-corrected chi connectivity index (χ0v) is 20.4. The van der Waals surface area contributed by atoms with Gasteiger partial charge in [0, 0.05) is 30.0 Å². The Morgan fingerprint density at radius 2 is 1.73 bits per heavy atom. The van der Waals surface area contributed by atoms with Crippen LogP contribution in [-0.4, -0.2) is 45.2 Å². The summed E-state index contributed by atoms with van der Waals surface area (Å²) in [5.74, 6) is 0.0931. The maximum Gasteiger partial charge on any atom is 0.276 e. The maximum atomic E-state index is 13.1. The van der Waals surface area contributed by atoms with Crippen LogP contribution in [0, 0.1) is 0 Å². The van der Waals surface area contributed by atoms with Crippen LogP contribution < -0.4 is 23.4 Å². The SMILES string of the molecule is CCOc1ccc(N(Cl)C(=O)C(N=Nc2cc(OC)cc(Cl)c2OC)C(C)=O)c(OCC)c1. The molecule has 1 unspecified atom stereocenters. The number of ether oxygens (including phenoxy) is 4. The van der Waals surface area contributed by atoms with Crippen molar-refractivity contribution in [3.05, 3.63) is 35.4 Å². The lowest BCUT2D eigenvalue weighted by atomic mass is 10.2. The van der Waals surface area contributed by atoms with Gasteiger partial charge >= 0.3 is 0 Å². The second kappa shape index (κ2) is 12.3. The molecule has 0 spiro atoms. The van der Waals surface area contributed by atoms with Crippen LogP contribution >= 0.6 is 23.4 Å². The normalized spacial score (nSPS) is 11.7. The van der Waals surface area contributed by atoms with E-state index in [-0.39, 0.29) is 22.1 Å². The maximum absolute atomic E-state index is 13.1. The molecule has 0 aliphatic carbocycles. The van der Waals surface area contributed by atoms with E-state index in [0.29, 0.717) is 30.5 Å². The van der Waals surface area contributed by atoms with Crippen LogP contribution in [0.4, 0.5) is 11.4 Å². The monoisotopic (exact) mass is 497 g/mol. The van der Waals surface area contributed by atoms with Crippen molar-refractivity contribution >= 4 is 46.4 Å². The van der Waals surface area contributed by atoms with Gasteiger partial charge in [-0.1, -0.05) is 11.6 Å². The van der Waals surface area contributed by atoms with Gasteiger partial charge in [0.05, 0.1) is 32.5 Å². The summed E-state index contributed by atoms with van der Waals surface area (Å²) in [6.45, 7) is 5.63. The fourth-order valence-electron chi connectivity index (χ4n) is 2.78. The van der Waals surface area contributed by atoms with Gasteiger partial charge in [-0.05, 0) is 32.9 Å². The number of carbonyl (C=O) groups is 2. The minimum Gasteiger partial charge on any atom is -0.497 e. The van der Waals surface area contributed by atoms with Crippen LogP contribution in [0.15, 0.2) is 40.6 Å². The summed E-state index contributed by atoms with van der Waals surface area (Å²) in [6.07, 6.45) is 0. The molecule has 0 saturated carbocycles. The lowest BCUT2D eigenvalue weighted by Crippen LogP contribution is -2.36. The van der Waals surface area contributed by atoms with Crippen LogP contribution in [0.25, 0.3) is 0 Å². The third kappa shape index (κ3) is 6.49. The van der Waals surface area contributed by atoms with Gasteiger partial charge < -0.3 is 18.9 Å². The highest BCUT2D eigenvalue weighted by Crippen LogP contribution is 2.39. The minimum atomic E-state index is -1.52. The van der Waals surface area contributed by atoms with Gasteiger partial charge in [0.1, 0.15) is 28.6 Å². The number of methoxy groups -OCH3 is 2. The number of rotatable bonds is 11. The Balaban J connectivity index is 2.40. The van der Waals surface area contributed by atoms with E-state index in [1.807, 2.05) is 6.92 Å². The quantitative estimate of drug-likeness (QED) is 0.234. The standard InChI is InChI=1S/C22H25Cl2N3O6/c1-6-32-14-8-9-18(19(12-14)33-7-2)27(24)22(29)20(13(3)28)26-25-17-11-15(30-4)10-16(23)21(17)31-5/h8-12,20H,6-7H2,1-5H3. The summed E-state index contributed by atoms with van der Waals surface area (Å²) in [5.41, 5.74) is 0.411. The number of hydrogen-bond acceptors (Lipinski definition) is 8. The molecule has 0 aliphatic rings. The van der Waals surface area contributed by atoms with E-state index in [2.05, 4.69) is 10.2 Å². The van der Waals surface area contributed by atoms with Gasteiger partial charge in [-0.2, -0.15) is 10.2 Å². The first-order chi connectivity index (χ1) is 15.8. The summed E-state index contributed by atoms with van der Waals surface area (Å²) in [7, 11) is 2.86. The van der Waals surface area contributed by atoms with Crippen molar-refractivity contribution in [2.24, 2.45) is 10.2 Å². The van der Waals surface area contributed by atoms with E-state index in [0.717, 1.165) is 4.42 Å². The summed E-state index contributed by atoms with van der Waals surface area (Å²) in [4.78, 5) is 25.3. The van der Waals surface area contributed by atoms with Crippen molar-refractivity contribution in [1.82, 2.24) is 0 Å². The molecule has 1 amide bonds. The van der Waals surface area contributed by atoms with Crippen molar-refractivity contribution < 1.29 is 28.5 Å². The number of halogens is 2. The van der Waals surface area contributed by atoms with Gasteiger partial charge in [-0.15, -0.1) is 0 Å². The zero-order valence-electron chi connectivity index (χ0n) is 18.9. The van der Waals surface area contributed by atoms with Gasteiger partial charge in [-0.25, -0.2) is 4.42 Å². The summed E-state index contributed by atoms with van der Waals surface area (Å²) >= 11 is 12.5. The molecule has 33 heavy (non-hydrogen) atoms. The molecule has 0 N–H and O–H groups in total. The molecule has 2 aromatic rings. The van der Waals surface area contributed by atoms with E-state index in [4.69, 9.17) is 42.3 Å². The van der Waals surface area contributed by atoms with Crippen molar-refractivity contribution in [1.29, 1.82) is 0 Å². The molecule has 0 bridgehead atoms. The van der Waals surface area contributed by atoms with Crippen LogP contribution in [0.1, 0.15) is 20.8 Å². The Hall–Kier alpha value is -3.04. The first-order valence-electron chi connectivity index (χ1n) is 9.99. The van der Waals surface area contributed by atoms with Crippen molar-refractivity contribution in [3.63, 3.8) is 0 Å². The molecule has 0 aromatic heterocycles. The Morgan fingerprint density at radius 1 is 1.03 bits per heavy atom. The summed E-state index contributed by atoms with van der Waals surface area (Å²) < 4.78 is 22.2. The Bertz CT molecular complexity index is 1030. The van der Waals surface area contributed by atoms with E-state index in [1.54, 1.807) is 25.1 Å². The van der Waals surface area contributed by atoms with Crippen molar-refractivity contribution in [2.75, 3.05) is 31.9 Å². The topological polar surface area (TPSA) is 99.0 Å². The lowest BCUT2D eigenvalue weighted by Gasteiger charge is -2.20. The predicted molar refractivity (Wildman–Crippen MR) is 126 cm³/mol. The van der Waals surface area contributed by atoms with Crippen molar-refractivity contribution in [2.45, 2.75) is 26.8 Å². The molecule has 0 heterocycles. The van der Waals surface area contributed by atoms with Crippen LogP contribution in [0.2, 0.25) is 5.02 Å². The number of benzene rings is 2. The Labute approximate surface area is 202 Å². The number of anilines is 1. The second-order valence-electron chi connectivity index (χ2n) is 6.50. The molecular weight excluding hydrogens is 473 g/mol. The molecule has 0 aliphatic heterocycles. The predicted octanol–water partition coefficient (Wildman–Crippen LogP) is 5.38. The highest BCUT2D eigenvalue weighted by atomic mass is 35.5. The highest BCUT2D eigenvalue weighted by Gasteiger charge is 2.30. The second-order valence-corrected chi connectivity index (χ2v) is 7.25. The number of nitrogens with zero attached hydrogens (tertiary/aromatic N) is 3. The first-order valence-corrected chi connectivity index (χ1v) is 10.7. The molecule has 9 nitrogen and oxygen atoms in total. The van der Waals surface area contributed by atoms with Crippen molar-refractivity contribution in [3.8, 4) is 23.0 Å². The van der Waals surface area contributed by atoms with Gasteiger partial charge in [-0.3, -0.25) is 9.59 Å². The van der Waals surface area contributed by atoms with Crippen LogP contribution in [0.5, 0.6) is 23.0 Å². The number of ketones is 1. The van der Waals surface area contributed by atoms with E-state index in [1.165, 1.54) is 33.3 Å². The number of Topliss-reactive ketones (excluding diaryl/α,β-unsaturated/α-hetero) is 1. The molecule has 2 aromatic carbocycles. The fraction of sp³-hybridized carbons (Fsp3) is 0.364. The summed E-state index contributed by atoms with van der Waals surface area (Å²) in [5, 5.41) is 8.18. The lowest BCUT2D eigenvalue weighted by molar-refractivity contribution is -0.126. The smallest absolute Gasteiger partial charge is 0.276 e. The molecule has 0 radical (unpaired) electrons. The molecule has 2 rings (SSSR count). The Kier molecular flexibility index (Phi) is 9.74. The van der Waals surface area contributed by atoms with Gasteiger partial charge in [0.2, 0.25) is 6.04 Å². The average molecular weight is 498 g/mol. The third-order valence-electron chi connectivity index (χ3n) is 4.28. The third-order valence-corrected chi connectivity index (χ3v) is 4.91. The highest BCUT2D eigenvalue weighted by molar-refractivity contribution is 6.39. The summed E-state index contributed by atoms with van der Waals surface area (Å²) in [6, 6.07) is 6.33. The molecular formula is C22H25Cl2N3O6. The largest absolute Gasteiger partial charge is 0.497 e. The minimum absolute atomic E-state index is 0.179. The molecule has 11 heteroatoms. The van der Waals surface area contributed by atoms with E-state index >= 15 is 0 Å². The number of azo groups is 1. The van der Waals surface area contributed by atoms with Gasteiger partial charge in [0.25, 0.3) is 5.91 Å². The first kappa shape index (κ1) is 26.2. The average Bonchev–Trinajstić information content (AvgIpc) is 2.78. The molecule has 0 saturated heterocycles.